The van der Waals surface area contributed by atoms with Crippen molar-refractivity contribution in [3.63, 3.8) is 0 Å². The number of methoxy groups -OCH3 is 1. The van der Waals surface area contributed by atoms with Crippen LogP contribution in [0.1, 0.15) is 16.8 Å². The molecule has 0 fully saturated rings. The number of aryl methyl sites for hydroxylation is 2. The summed E-state index contributed by atoms with van der Waals surface area (Å²) in [6, 6.07) is 7.32. The summed E-state index contributed by atoms with van der Waals surface area (Å²) >= 11 is 5.91. The smallest absolute Gasteiger partial charge is 0.216 e. The molecule has 20 heavy (non-hydrogen) atoms. The van der Waals surface area contributed by atoms with Gasteiger partial charge >= 0.3 is 0 Å². The predicted molar refractivity (Wildman–Crippen MR) is 78.0 cm³/mol. The lowest BCUT2D eigenvalue weighted by Gasteiger charge is -2.09. The molecule has 0 spiro atoms. The molecule has 0 radical (unpaired) electrons. The first kappa shape index (κ1) is 14.2. The maximum absolute atomic E-state index is 8.96. The SMILES string of the molecule is COc1c(CNc2ccc(Cl)c(C#N)c2)c(C)nn1C. The van der Waals surface area contributed by atoms with Crippen LogP contribution in [0, 0.1) is 18.3 Å². The second kappa shape index (κ2) is 5.85. The summed E-state index contributed by atoms with van der Waals surface area (Å²) in [4.78, 5) is 0. The molecule has 1 N–H and O–H groups in total. The van der Waals surface area contributed by atoms with Crippen LogP contribution in [0.2, 0.25) is 5.02 Å². The maximum Gasteiger partial charge on any atom is 0.216 e. The number of hydrogen-bond acceptors (Lipinski definition) is 4. The Morgan fingerprint density at radius 2 is 2.25 bits per heavy atom. The first-order valence-electron chi connectivity index (χ1n) is 6.06. The summed E-state index contributed by atoms with van der Waals surface area (Å²) in [6.45, 7) is 2.50. The number of ether oxygens (including phenoxy) is 1. The second-order valence-electron chi connectivity index (χ2n) is 4.36. The molecule has 1 aromatic carbocycles. The van der Waals surface area contributed by atoms with Crippen molar-refractivity contribution in [2.75, 3.05) is 12.4 Å². The predicted octanol–water partition coefficient (Wildman–Crippen LogP) is 2.87. The highest BCUT2D eigenvalue weighted by atomic mass is 35.5. The van der Waals surface area contributed by atoms with Crippen molar-refractivity contribution in [2.45, 2.75) is 13.5 Å². The average molecular weight is 291 g/mol. The fraction of sp³-hybridized carbons (Fsp3) is 0.286. The topological polar surface area (TPSA) is 62.9 Å². The molecule has 0 aliphatic rings. The lowest BCUT2D eigenvalue weighted by atomic mass is 10.2. The Kier molecular flexibility index (Phi) is 4.16. The molecule has 104 valence electrons. The fourth-order valence-corrected chi connectivity index (χ4v) is 2.21. The second-order valence-corrected chi connectivity index (χ2v) is 4.76. The zero-order valence-electron chi connectivity index (χ0n) is 11.6. The van der Waals surface area contributed by atoms with E-state index in [9.17, 15) is 0 Å². The third kappa shape index (κ3) is 2.70. The quantitative estimate of drug-likeness (QED) is 0.940. The number of anilines is 1. The zero-order valence-corrected chi connectivity index (χ0v) is 12.3. The molecule has 0 aliphatic carbocycles. The van der Waals surface area contributed by atoms with Gasteiger partial charge in [-0.05, 0) is 25.1 Å². The fourth-order valence-electron chi connectivity index (χ4n) is 2.05. The van der Waals surface area contributed by atoms with Crippen molar-refractivity contribution in [1.82, 2.24) is 9.78 Å². The van der Waals surface area contributed by atoms with Crippen molar-refractivity contribution in [2.24, 2.45) is 7.05 Å². The monoisotopic (exact) mass is 290 g/mol. The standard InChI is InChI=1S/C14H15ClN4O/c1-9-12(14(20-3)19(2)18-9)8-17-11-4-5-13(15)10(6-11)7-16/h4-6,17H,8H2,1-3H3. The van der Waals surface area contributed by atoms with Crippen LogP contribution in [0.3, 0.4) is 0 Å². The van der Waals surface area contributed by atoms with Gasteiger partial charge < -0.3 is 10.1 Å². The number of nitriles is 1. The van der Waals surface area contributed by atoms with Gasteiger partial charge in [0, 0.05) is 19.3 Å². The minimum Gasteiger partial charge on any atom is -0.481 e. The van der Waals surface area contributed by atoms with Gasteiger partial charge in [-0.3, -0.25) is 0 Å². The average Bonchev–Trinajstić information content (AvgIpc) is 2.71. The molecule has 0 aliphatic heterocycles. The molecule has 1 heterocycles. The summed E-state index contributed by atoms with van der Waals surface area (Å²) in [6.07, 6.45) is 0. The third-order valence-corrected chi connectivity index (χ3v) is 3.37. The third-order valence-electron chi connectivity index (χ3n) is 3.04. The summed E-state index contributed by atoms with van der Waals surface area (Å²) in [5.74, 6) is 0.726. The first-order chi connectivity index (χ1) is 9.56. The minimum atomic E-state index is 0.451. The molecule has 0 bridgehead atoms. The van der Waals surface area contributed by atoms with Crippen molar-refractivity contribution in [1.29, 1.82) is 5.26 Å². The van der Waals surface area contributed by atoms with Crippen LogP contribution >= 0.6 is 11.6 Å². The lowest BCUT2D eigenvalue weighted by Crippen LogP contribution is -2.03. The number of hydrogen-bond donors (Lipinski definition) is 1. The summed E-state index contributed by atoms with van der Waals surface area (Å²) < 4.78 is 7.04. The van der Waals surface area contributed by atoms with Gasteiger partial charge in [-0.1, -0.05) is 11.6 Å². The Balaban J connectivity index is 2.19. The van der Waals surface area contributed by atoms with Crippen LogP contribution < -0.4 is 10.1 Å². The molecule has 1 aromatic heterocycles. The Hall–Kier alpha value is -2.19. The van der Waals surface area contributed by atoms with Crippen molar-refractivity contribution in [3.05, 3.63) is 40.0 Å². The summed E-state index contributed by atoms with van der Waals surface area (Å²) in [5.41, 5.74) is 3.18. The van der Waals surface area contributed by atoms with Gasteiger partial charge in [0.1, 0.15) is 6.07 Å². The van der Waals surface area contributed by atoms with Crippen LogP contribution in [0.4, 0.5) is 5.69 Å². The summed E-state index contributed by atoms with van der Waals surface area (Å²) in [7, 11) is 3.46. The van der Waals surface area contributed by atoms with Gasteiger partial charge in [0.15, 0.2) is 0 Å². The molecule has 0 saturated carbocycles. The largest absolute Gasteiger partial charge is 0.481 e. The van der Waals surface area contributed by atoms with Gasteiger partial charge in [0.05, 0.1) is 29.0 Å². The van der Waals surface area contributed by atoms with Crippen LogP contribution in [0.25, 0.3) is 0 Å². The molecule has 0 atom stereocenters. The number of benzene rings is 1. The zero-order chi connectivity index (χ0) is 14.7. The number of aromatic nitrogens is 2. The van der Waals surface area contributed by atoms with E-state index in [1.54, 1.807) is 23.9 Å². The Morgan fingerprint density at radius 1 is 1.50 bits per heavy atom. The van der Waals surface area contributed by atoms with Crippen LogP contribution in [0.15, 0.2) is 18.2 Å². The van der Waals surface area contributed by atoms with Crippen molar-refractivity contribution < 1.29 is 4.74 Å². The molecule has 6 heteroatoms. The highest BCUT2D eigenvalue weighted by Gasteiger charge is 2.13. The van der Waals surface area contributed by atoms with Crippen LogP contribution in [-0.4, -0.2) is 16.9 Å². The Labute approximate surface area is 122 Å². The molecule has 0 amide bonds. The molecule has 2 aromatic rings. The highest BCUT2D eigenvalue weighted by molar-refractivity contribution is 6.31. The molecule has 0 unspecified atom stereocenters. The van der Waals surface area contributed by atoms with E-state index in [0.29, 0.717) is 17.1 Å². The minimum absolute atomic E-state index is 0.451. The van der Waals surface area contributed by atoms with E-state index in [1.807, 2.05) is 20.0 Å². The van der Waals surface area contributed by atoms with E-state index >= 15 is 0 Å². The van der Waals surface area contributed by atoms with Crippen molar-refractivity contribution >= 4 is 17.3 Å². The van der Waals surface area contributed by atoms with E-state index in [-0.39, 0.29) is 0 Å². The lowest BCUT2D eigenvalue weighted by molar-refractivity contribution is 0.370. The van der Waals surface area contributed by atoms with E-state index in [0.717, 1.165) is 22.8 Å². The van der Waals surface area contributed by atoms with E-state index in [4.69, 9.17) is 21.6 Å². The van der Waals surface area contributed by atoms with E-state index < -0.39 is 0 Å². The normalized spacial score (nSPS) is 10.2. The van der Waals surface area contributed by atoms with E-state index in [2.05, 4.69) is 16.5 Å². The number of rotatable bonds is 4. The number of nitrogens with zero attached hydrogens (tertiary/aromatic N) is 3. The van der Waals surface area contributed by atoms with Gasteiger partial charge in [0.25, 0.3) is 0 Å². The van der Waals surface area contributed by atoms with Gasteiger partial charge in [-0.25, -0.2) is 4.68 Å². The van der Waals surface area contributed by atoms with Crippen LogP contribution in [0.5, 0.6) is 5.88 Å². The highest BCUT2D eigenvalue weighted by Crippen LogP contribution is 2.24. The Bertz CT molecular complexity index is 673. The molecule has 0 saturated heterocycles. The maximum atomic E-state index is 8.96. The van der Waals surface area contributed by atoms with Crippen LogP contribution in [-0.2, 0) is 13.6 Å². The number of halogens is 1. The molecular formula is C14H15ClN4O. The molecule has 2 rings (SSSR count). The number of nitrogens with one attached hydrogen (secondary N) is 1. The first-order valence-corrected chi connectivity index (χ1v) is 6.44. The molecule has 5 nitrogen and oxygen atoms in total. The van der Waals surface area contributed by atoms with E-state index in [1.165, 1.54) is 0 Å². The Morgan fingerprint density at radius 3 is 2.90 bits per heavy atom. The molecular weight excluding hydrogens is 276 g/mol. The van der Waals surface area contributed by atoms with Gasteiger partial charge in [0.2, 0.25) is 5.88 Å². The summed E-state index contributed by atoms with van der Waals surface area (Å²) in [5, 5.41) is 17.0. The van der Waals surface area contributed by atoms with Gasteiger partial charge in [-0.15, -0.1) is 0 Å². The van der Waals surface area contributed by atoms with Crippen molar-refractivity contribution in [3.8, 4) is 11.9 Å². The van der Waals surface area contributed by atoms with Gasteiger partial charge in [-0.2, -0.15) is 10.4 Å².